The number of para-hydroxylation sites is 1. The van der Waals surface area contributed by atoms with Crippen molar-refractivity contribution >= 4 is 17.3 Å². The number of ether oxygens (including phenoxy) is 1. The second kappa shape index (κ2) is 11.6. The van der Waals surface area contributed by atoms with E-state index in [4.69, 9.17) is 10.5 Å². The summed E-state index contributed by atoms with van der Waals surface area (Å²) in [6, 6.07) is 9.77. The van der Waals surface area contributed by atoms with E-state index in [2.05, 4.69) is 10.3 Å². The smallest absolute Gasteiger partial charge is 0.165 e. The van der Waals surface area contributed by atoms with Crippen LogP contribution in [0.5, 0.6) is 0 Å². The number of nitrogens with two attached hydrogens (primary N) is 1. The van der Waals surface area contributed by atoms with Crippen LogP contribution in [0.1, 0.15) is 34.1 Å². The maximum absolute atomic E-state index is 12.4. The van der Waals surface area contributed by atoms with E-state index in [9.17, 15) is 4.79 Å². The minimum absolute atomic E-state index is 0.00130. The quantitative estimate of drug-likeness (QED) is 0.224. The lowest BCUT2D eigenvalue weighted by atomic mass is 10.00. The molecule has 3 N–H and O–H groups in total. The van der Waals surface area contributed by atoms with Crippen molar-refractivity contribution in [2.45, 2.75) is 34.1 Å². The Morgan fingerprint density at radius 3 is 2.39 bits per heavy atom. The fourth-order valence-electron chi connectivity index (χ4n) is 2.55. The molecule has 0 atom stereocenters. The van der Waals surface area contributed by atoms with E-state index in [1.165, 1.54) is 0 Å². The monoisotopic (exact) mass is 381 g/mol. The zero-order chi connectivity index (χ0) is 21.1. The lowest BCUT2D eigenvalue weighted by molar-refractivity contribution is -0.115. The van der Waals surface area contributed by atoms with Gasteiger partial charge in [0, 0.05) is 30.4 Å². The summed E-state index contributed by atoms with van der Waals surface area (Å²) in [5.74, 6) is 1.22. The molecule has 0 aromatic heterocycles. The van der Waals surface area contributed by atoms with Gasteiger partial charge in [-0.2, -0.15) is 0 Å². The summed E-state index contributed by atoms with van der Waals surface area (Å²) in [6.45, 7) is 7.40. The maximum Gasteiger partial charge on any atom is 0.165 e. The van der Waals surface area contributed by atoms with Crippen LogP contribution in [-0.4, -0.2) is 25.8 Å². The van der Waals surface area contributed by atoms with Crippen molar-refractivity contribution in [2.24, 2.45) is 10.7 Å². The van der Waals surface area contributed by atoms with Gasteiger partial charge in [-0.05, 0) is 44.6 Å². The van der Waals surface area contributed by atoms with E-state index in [0.29, 0.717) is 29.3 Å². The summed E-state index contributed by atoms with van der Waals surface area (Å²) in [6.07, 6.45) is 5.92. The molecule has 1 aromatic rings. The molecule has 0 saturated carbocycles. The largest absolute Gasteiger partial charge is 0.501 e. The normalized spacial score (nSPS) is 14.5. The Hall–Kier alpha value is -3.08. The van der Waals surface area contributed by atoms with E-state index >= 15 is 0 Å². The van der Waals surface area contributed by atoms with Crippen LogP contribution in [0.2, 0.25) is 0 Å². The summed E-state index contributed by atoms with van der Waals surface area (Å²) < 4.78 is 5.30. The van der Waals surface area contributed by atoms with Crippen LogP contribution in [-0.2, 0) is 9.53 Å². The van der Waals surface area contributed by atoms with Gasteiger partial charge in [-0.25, -0.2) is 0 Å². The Morgan fingerprint density at radius 2 is 1.89 bits per heavy atom. The molecule has 28 heavy (non-hydrogen) atoms. The van der Waals surface area contributed by atoms with Gasteiger partial charge in [0.25, 0.3) is 0 Å². The number of rotatable bonds is 8. The van der Waals surface area contributed by atoms with Gasteiger partial charge in [0.05, 0.1) is 12.7 Å². The molecule has 0 aliphatic rings. The highest BCUT2D eigenvalue weighted by molar-refractivity contribution is 6.08. The third-order valence-corrected chi connectivity index (χ3v) is 4.28. The summed E-state index contributed by atoms with van der Waals surface area (Å²) in [4.78, 5) is 16.7. The molecule has 0 radical (unpaired) electrons. The van der Waals surface area contributed by atoms with E-state index in [-0.39, 0.29) is 5.78 Å². The minimum Gasteiger partial charge on any atom is -0.501 e. The Kier molecular flexibility index (Phi) is 9.51. The van der Waals surface area contributed by atoms with E-state index in [0.717, 1.165) is 16.8 Å². The highest BCUT2D eigenvalue weighted by Crippen LogP contribution is 2.20. The summed E-state index contributed by atoms with van der Waals surface area (Å²) in [5, 5.41) is 3.28. The van der Waals surface area contributed by atoms with E-state index in [1.54, 1.807) is 27.2 Å². The summed E-state index contributed by atoms with van der Waals surface area (Å²) >= 11 is 0. The molecule has 0 bridgehead atoms. The molecule has 0 saturated heterocycles. The van der Waals surface area contributed by atoms with Crippen LogP contribution in [0.3, 0.4) is 0 Å². The average Bonchev–Trinajstić information content (AvgIpc) is 2.73. The van der Waals surface area contributed by atoms with E-state index in [1.807, 2.05) is 63.3 Å². The molecule has 150 valence electrons. The second-order valence-corrected chi connectivity index (χ2v) is 6.15. The van der Waals surface area contributed by atoms with Gasteiger partial charge in [-0.15, -0.1) is 0 Å². The van der Waals surface area contributed by atoms with Crippen molar-refractivity contribution < 1.29 is 9.53 Å². The third-order valence-electron chi connectivity index (χ3n) is 4.28. The van der Waals surface area contributed by atoms with Gasteiger partial charge in [0.1, 0.15) is 11.6 Å². The number of hydrogen-bond donors (Lipinski definition) is 2. The number of allylic oxidation sites excluding steroid dienone is 5. The molecule has 0 aliphatic heterocycles. The van der Waals surface area contributed by atoms with Crippen molar-refractivity contribution in [2.75, 3.05) is 19.5 Å². The standard InChI is InChI=1S/C23H31N3O2/c1-7-12-18(15-20(17(4)28-6)21(27)8-2)22(24)16(3)23(25-5)26-19-13-10-9-11-14-19/h7,9-15H,8,24H2,1-6H3,(H,25,26)/b12-7-,18-15+,20-17-,22-16?. The van der Waals surface area contributed by atoms with Gasteiger partial charge >= 0.3 is 0 Å². The number of ketones is 1. The van der Waals surface area contributed by atoms with Crippen LogP contribution >= 0.6 is 0 Å². The Bertz CT molecular complexity index is 829. The molecule has 0 spiro atoms. The fourth-order valence-corrected chi connectivity index (χ4v) is 2.55. The van der Waals surface area contributed by atoms with Crippen molar-refractivity contribution in [1.29, 1.82) is 0 Å². The summed E-state index contributed by atoms with van der Waals surface area (Å²) in [7, 11) is 3.26. The molecule has 0 aliphatic carbocycles. The lowest BCUT2D eigenvalue weighted by Crippen LogP contribution is -2.18. The number of aliphatic imine (C=N–C) groups is 1. The van der Waals surface area contributed by atoms with Crippen molar-refractivity contribution in [3.8, 4) is 0 Å². The molecule has 0 unspecified atom stereocenters. The fraction of sp³-hybridized carbons (Fsp3) is 0.304. The average molecular weight is 382 g/mol. The maximum atomic E-state index is 12.4. The molecule has 0 amide bonds. The number of anilines is 1. The number of hydrogen-bond acceptors (Lipinski definition) is 4. The highest BCUT2D eigenvalue weighted by Gasteiger charge is 2.14. The number of amidine groups is 1. The first-order valence-electron chi connectivity index (χ1n) is 9.27. The number of nitrogens with zero attached hydrogens (tertiary/aromatic N) is 1. The first-order chi connectivity index (χ1) is 13.4. The second-order valence-electron chi connectivity index (χ2n) is 6.15. The van der Waals surface area contributed by atoms with Crippen molar-refractivity contribution in [3.63, 3.8) is 0 Å². The zero-order valence-electron chi connectivity index (χ0n) is 17.7. The van der Waals surface area contributed by atoms with Gasteiger partial charge in [-0.3, -0.25) is 9.79 Å². The molecule has 0 heterocycles. The Balaban J connectivity index is 3.43. The molecule has 1 aromatic carbocycles. The first-order valence-corrected chi connectivity index (χ1v) is 9.27. The third kappa shape index (κ3) is 6.27. The number of benzene rings is 1. The van der Waals surface area contributed by atoms with E-state index < -0.39 is 0 Å². The number of carbonyl (C=O) groups excluding carboxylic acids is 1. The number of carbonyl (C=O) groups is 1. The van der Waals surface area contributed by atoms with Crippen LogP contribution in [0.15, 0.2) is 81.7 Å². The lowest BCUT2D eigenvalue weighted by Gasteiger charge is -2.15. The minimum atomic E-state index is -0.00130. The molecule has 5 heteroatoms. The molecular weight excluding hydrogens is 350 g/mol. The summed E-state index contributed by atoms with van der Waals surface area (Å²) in [5.41, 5.74) is 9.95. The topological polar surface area (TPSA) is 76.7 Å². The molecule has 1 rings (SSSR count). The van der Waals surface area contributed by atoms with Crippen LogP contribution in [0.25, 0.3) is 0 Å². The first kappa shape index (κ1) is 23.0. The highest BCUT2D eigenvalue weighted by atomic mass is 16.5. The Labute approximate surface area is 168 Å². The van der Waals surface area contributed by atoms with Crippen LogP contribution in [0.4, 0.5) is 5.69 Å². The van der Waals surface area contributed by atoms with Gasteiger partial charge in [0.15, 0.2) is 5.78 Å². The number of methoxy groups -OCH3 is 1. The van der Waals surface area contributed by atoms with Gasteiger partial charge in [0.2, 0.25) is 0 Å². The molecule has 0 fully saturated rings. The SMILES string of the molecule is C\C=C/C(=C\C(C(=O)CC)=C(/C)OC)C(N)=C(C)C(=NC)Nc1ccccc1. The number of nitrogens with one attached hydrogen (secondary N) is 1. The zero-order valence-corrected chi connectivity index (χ0v) is 17.7. The number of Topliss-reactive ketones (excluding diaryl/α,β-unsaturated/α-hetero) is 1. The van der Waals surface area contributed by atoms with Crippen molar-refractivity contribution in [1.82, 2.24) is 0 Å². The van der Waals surface area contributed by atoms with Gasteiger partial charge in [-0.1, -0.05) is 37.3 Å². The van der Waals surface area contributed by atoms with Crippen LogP contribution in [0, 0.1) is 0 Å². The van der Waals surface area contributed by atoms with Gasteiger partial charge < -0.3 is 15.8 Å². The van der Waals surface area contributed by atoms with Crippen LogP contribution < -0.4 is 11.1 Å². The van der Waals surface area contributed by atoms with Crippen molar-refractivity contribution in [3.05, 3.63) is 76.7 Å². The molecular formula is C23H31N3O2. The molecule has 5 nitrogen and oxygen atoms in total. The predicted octanol–water partition coefficient (Wildman–Crippen LogP) is 4.76. The predicted molar refractivity (Wildman–Crippen MR) is 118 cm³/mol. The Morgan fingerprint density at radius 1 is 1.25 bits per heavy atom.